The summed E-state index contributed by atoms with van der Waals surface area (Å²) < 4.78 is 5.14. The number of rotatable bonds is 5. The second-order valence-corrected chi connectivity index (χ2v) is 7.20. The third kappa shape index (κ3) is 3.65. The van der Waals surface area contributed by atoms with Crippen LogP contribution in [0.4, 0.5) is 0 Å². The van der Waals surface area contributed by atoms with Gasteiger partial charge in [0, 0.05) is 10.6 Å². The van der Waals surface area contributed by atoms with Gasteiger partial charge >= 0.3 is 5.97 Å². The van der Waals surface area contributed by atoms with Crippen LogP contribution in [0.1, 0.15) is 43.0 Å². The number of esters is 1. The van der Waals surface area contributed by atoms with E-state index in [0.29, 0.717) is 23.4 Å². The molecule has 6 nitrogen and oxygen atoms in total. The van der Waals surface area contributed by atoms with Gasteiger partial charge in [0.05, 0.1) is 11.8 Å². The molecule has 0 radical (unpaired) electrons. The Morgan fingerprint density at radius 1 is 1.12 bits per heavy atom. The number of carbonyl (C=O) groups excluding carboxylic acids is 4. The molecular weight excluding hydrogens is 358 g/mol. The van der Waals surface area contributed by atoms with Crippen LogP contribution in [-0.2, 0) is 19.1 Å². The zero-order chi connectivity index (χ0) is 18.8. The van der Waals surface area contributed by atoms with Crippen LogP contribution in [0, 0.1) is 11.8 Å². The van der Waals surface area contributed by atoms with Gasteiger partial charge in [-0.2, -0.15) is 0 Å². The first-order chi connectivity index (χ1) is 12.4. The van der Waals surface area contributed by atoms with Crippen molar-refractivity contribution >= 4 is 35.2 Å². The number of hydrogen-bond acceptors (Lipinski definition) is 5. The molecule has 1 aromatic carbocycles. The Labute approximate surface area is 156 Å². The van der Waals surface area contributed by atoms with Crippen LogP contribution in [0.2, 0.25) is 5.02 Å². The van der Waals surface area contributed by atoms with Crippen molar-refractivity contribution in [3.05, 3.63) is 34.9 Å². The van der Waals surface area contributed by atoms with Gasteiger partial charge in [-0.05, 0) is 44.0 Å². The predicted molar refractivity (Wildman–Crippen MR) is 93.5 cm³/mol. The van der Waals surface area contributed by atoms with Crippen LogP contribution in [-0.4, -0.2) is 41.1 Å². The average Bonchev–Trinajstić information content (AvgIpc) is 2.87. The maximum atomic E-state index is 12.4. The fourth-order valence-corrected chi connectivity index (χ4v) is 3.78. The van der Waals surface area contributed by atoms with E-state index in [-0.39, 0.29) is 29.4 Å². The molecule has 3 atom stereocenters. The fraction of sp³-hybridized carbons (Fsp3) is 0.474. The summed E-state index contributed by atoms with van der Waals surface area (Å²) in [5.41, 5.74) is 0.369. The second-order valence-electron chi connectivity index (χ2n) is 6.76. The van der Waals surface area contributed by atoms with Crippen molar-refractivity contribution in [2.24, 2.45) is 11.8 Å². The molecule has 1 saturated heterocycles. The fourth-order valence-electron chi connectivity index (χ4n) is 3.65. The Bertz CT molecular complexity index is 721. The maximum absolute atomic E-state index is 12.4. The van der Waals surface area contributed by atoms with E-state index < -0.39 is 18.6 Å². The van der Waals surface area contributed by atoms with Crippen LogP contribution in [0.25, 0.3) is 0 Å². The number of imide groups is 1. The van der Waals surface area contributed by atoms with Crippen molar-refractivity contribution in [1.82, 2.24) is 4.90 Å². The van der Waals surface area contributed by atoms with Gasteiger partial charge in [0.15, 0.2) is 6.10 Å². The van der Waals surface area contributed by atoms with Crippen LogP contribution in [0.5, 0.6) is 0 Å². The lowest BCUT2D eigenvalue weighted by atomic mass is 9.81. The first-order valence-electron chi connectivity index (χ1n) is 8.73. The van der Waals surface area contributed by atoms with Gasteiger partial charge in [0.2, 0.25) is 17.6 Å². The highest BCUT2D eigenvalue weighted by atomic mass is 35.5. The van der Waals surface area contributed by atoms with Crippen molar-refractivity contribution in [3.8, 4) is 0 Å². The van der Waals surface area contributed by atoms with Crippen molar-refractivity contribution in [1.29, 1.82) is 0 Å². The van der Waals surface area contributed by atoms with Gasteiger partial charge in [-0.15, -0.1) is 0 Å². The van der Waals surface area contributed by atoms with Crippen LogP contribution < -0.4 is 0 Å². The van der Waals surface area contributed by atoms with E-state index in [9.17, 15) is 19.2 Å². The van der Waals surface area contributed by atoms with Crippen molar-refractivity contribution in [3.63, 3.8) is 0 Å². The highest BCUT2D eigenvalue weighted by Gasteiger charge is 2.48. The molecule has 1 aromatic rings. The molecule has 3 rings (SSSR count). The number of ether oxygens (including phenoxy) is 1. The second kappa shape index (κ2) is 7.58. The van der Waals surface area contributed by atoms with Gasteiger partial charge < -0.3 is 4.74 Å². The minimum Gasteiger partial charge on any atom is -0.453 e. The van der Waals surface area contributed by atoms with E-state index in [1.54, 1.807) is 24.3 Å². The molecular formula is C19H20ClNO5. The molecule has 26 heavy (non-hydrogen) atoms. The summed E-state index contributed by atoms with van der Waals surface area (Å²) in [6.07, 6.45) is 2.20. The number of ketones is 1. The molecule has 3 unspecified atom stereocenters. The predicted octanol–water partition coefficient (Wildman–Crippen LogP) is 2.63. The van der Waals surface area contributed by atoms with E-state index in [0.717, 1.165) is 17.7 Å². The maximum Gasteiger partial charge on any atom is 0.326 e. The molecule has 0 spiro atoms. The Hall–Kier alpha value is -2.21. The Kier molecular flexibility index (Phi) is 5.41. The summed E-state index contributed by atoms with van der Waals surface area (Å²) in [5, 5.41) is 0.499. The van der Waals surface area contributed by atoms with E-state index in [2.05, 4.69) is 0 Å². The Morgan fingerprint density at radius 2 is 1.65 bits per heavy atom. The van der Waals surface area contributed by atoms with Crippen molar-refractivity contribution < 1.29 is 23.9 Å². The zero-order valence-electron chi connectivity index (χ0n) is 14.4. The number of nitrogens with zero attached hydrogens (tertiary/aromatic N) is 1. The molecule has 0 N–H and O–H groups in total. The number of Topliss-reactive ketones (excluding diaryl/α,β-unsaturated/α-hetero) is 1. The minimum absolute atomic E-state index is 0.298. The smallest absolute Gasteiger partial charge is 0.326 e. The number of hydrogen-bond donors (Lipinski definition) is 0. The average molecular weight is 378 g/mol. The summed E-state index contributed by atoms with van der Waals surface area (Å²) in [6, 6.07) is 6.25. The summed E-state index contributed by atoms with van der Waals surface area (Å²) in [4.78, 5) is 50.2. The number of carbonyl (C=O) groups is 4. The Balaban J connectivity index is 1.59. The molecule has 1 aliphatic heterocycles. The highest BCUT2D eigenvalue weighted by Crippen LogP contribution is 2.37. The van der Waals surface area contributed by atoms with Gasteiger partial charge in [-0.1, -0.05) is 24.4 Å². The minimum atomic E-state index is -1.02. The number of halogens is 1. The van der Waals surface area contributed by atoms with Crippen molar-refractivity contribution in [2.45, 2.75) is 38.7 Å². The third-order valence-electron chi connectivity index (χ3n) is 5.03. The topological polar surface area (TPSA) is 80.8 Å². The largest absolute Gasteiger partial charge is 0.453 e. The summed E-state index contributed by atoms with van der Waals surface area (Å²) in [5.74, 6) is -2.35. The van der Waals surface area contributed by atoms with Gasteiger partial charge in [0.25, 0.3) is 0 Å². The Morgan fingerprint density at radius 3 is 2.19 bits per heavy atom. The molecule has 1 aliphatic carbocycles. The van der Waals surface area contributed by atoms with Crippen LogP contribution >= 0.6 is 11.6 Å². The lowest BCUT2D eigenvalue weighted by Gasteiger charge is -2.19. The van der Waals surface area contributed by atoms with Gasteiger partial charge in [-0.25, -0.2) is 0 Å². The molecule has 0 bridgehead atoms. The molecule has 1 saturated carbocycles. The SMILES string of the molecule is CC(OC(=O)CN1C(=O)C2CCCCC2C1=O)C(=O)c1ccc(Cl)cc1. The summed E-state index contributed by atoms with van der Waals surface area (Å²) in [6.45, 7) is 1.02. The van der Waals surface area contributed by atoms with Gasteiger partial charge in [-0.3, -0.25) is 24.1 Å². The van der Waals surface area contributed by atoms with E-state index >= 15 is 0 Å². The van der Waals surface area contributed by atoms with E-state index in [1.165, 1.54) is 6.92 Å². The molecule has 0 aromatic heterocycles. The number of fused-ring (bicyclic) bond motifs is 1. The standard InChI is InChI=1S/C19H20ClNO5/c1-11(17(23)12-6-8-13(20)9-7-12)26-16(22)10-21-18(24)14-4-2-3-5-15(14)19(21)25/h6-9,11,14-15H,2-5,10H2,1H3. The monoisotopic (exact) mass is 377 g/mol. The highest BCUT2D eigenvalue weighted by molar-refractivity contribution is 6.30. The zero-order valence-corrected chi connectivity index (χ0v) is 15.2. The molecule has 2 fully saturated rings. The molecule has 1 heterocycles. The first kappa shape index (κ1) is 18.6. The van der Waals surface area contributed by atoms with E-state index in [4.69, 9.17) is 16.3 Å². The molecule has 2 aliphatic rings. The number of benzene rings is 1. The van der Waals surface area contributed by atoms with E-state index in [1.807, 2.05) is 0 Å². The molecule has 138 valence electrons. The molecule has 7 heteroatoms. The number of amides is 2. The van der Waals surface area contributed by atoms with Crippen molar-refractivity contribution in [2.75, 3.05) is 6.54 Å². The van der Waals surface area contributed by atoms with Crippen LogP contribution in [0.15, 0.2) is 24.3 Å². The van der Waals surface area contributed by atoms with Crippen LogP contribution in [0.3, 0.4) is 0 Å². The summed E-state index contributed by atoms with van der Waals surface area (Å²) >= 11 is 5.79. The number of likely N-dealkylation sites (tertiary alicyclic amines) is 1. The quantitative estimate of drug-likeness (QED) is 0.447. The molecule has 2 amide bonds. The lowest BCUT2D eigenvalue weighted by Crippen LogP contribution is -2.38. The first-order valence-corrected chi connectivity index (χ1v) is 9.10. The van der Waals surface area contributed by atoms with Gasteiger partial charge in [0.1, 0.15) is 6.54 Å². The lowest BCUT2D eigenvalue weighted by molar-refractivity contribution is -0.154. The normalized spacial score (nSPS) is 23.5. The third-order valence-corrected chi connectivity index (χ3v) is 5.28. The summed E-state index contributed by atoms with van der Waals surface area (Å²) in [7, 11) is 0.